The number of nitrogens with one attached hydrogen (secondary N) is 3. The molecule has 8 heteroatoms. The van der Waals surface area contributed by atoms with E-state index in [1.165, 1.54) is 0 Å². The van der Waals surface area contributed by atoms with Crippen molar-refractivity contribution in [2.75, 3.05) is 10.2 Å². The van der Waals surface area contributed by atoms with Gasteiger partial charge >= 0.3 is 6.03 Å². The van der Waals surface area contributed by atoms with Gasteiger partial charge < -0.3 is 20.9 Å². The molecule has 1 aromatic heterocycles. The maximum absolute atomic E-state index is 13.3. The van der Waals surface area contributed by atoms with E-state index in [0.29, 0.717) is 12.2 Å². The monoisotopic (exact) mass is 490 g/mol. The molecular formula is C27H30N4O3S. The number of rotatable bonds is 7. The van der Waals surface area contributed by atoms with E-state index in [2.05, 4.69) is 16.0 Å². The summed E-state index contributed by atoms with van der Waals surface area (Å²) in [5, 5.41) is 10.5. The normalized spacial score (nSPS) is 17.5. The Bertz CT molecular complexity index is 1170. The van der Waals surface area contributed by atoms with E-state index in [-0.39, 0.29) is 36.3 Å². The highest BCUT2D eigenvalue weighted by Crippen LogP contribution is 2.43. The summed E-state index contributed by atoms with van der Waals surface area (Å²) < 4.78 is 0. The van der Waals surface area contributed by atoms with Gasteiger partial charge in [0.15, 0.2) is 0 Å². The lowest BCUT2D eigenvalue weighted by Crippen LogP contribution is -2.35. The third-order valence-electron chi connectivity index (χ3n) is 5.90. The SMILES string of the molecule is Cc1ccc(N2C(=O)CC(C(=O)NCc3ccc(NC(=O)NC(C)C)cc3)C2c2cccs2)cc1. The fourth-order valence-electron chi connectivity index (χ4n) is 4.22. The molecule has 0 aliphatic carbocycles. The number of urea groups is 1. The van der Waals surface area contributed by atoms with Gasteiger partial charge in [0, 0.05) is 35.3 Å². The van der Waals surface area contributed by atoms with Gasteiger partial charge in [-0.2, -0.15) is 0 Å². The van der Waals surface area contributed by atoms with Crippen LogP contribution in [0.25, 0.3) is 0 Å². The van der Waals surface area contributed by atoms with Crippen LogP contribution in [0.4, 0.5) is 16.2 Å². The molecular weight excluding hydrogens is 460 g/mol. The van der Waals surface area contributed by atoms with Crippen molar-refractivity contribution in [2.45, 2.75) is 45.8 Å². The first-order valence-corrected chi connectivity index (χ1v) is 12.6. The molecule has 182 valence electrons. The average Bonchev–Trinajstić information content (AvgIpc) is 3.46. The van der Waals surface area contributed by atoms with Crippen molar-refractivity contribution in [1.82, 2.24) is 10.6 Å². The number of hydrogen-bond donors (Lipinski definition) is 3. The molecule has 2 heterocycles. The summed E-state index contributed by atoms with van der Waals surface area (Å²) in [7, 11) is 0. The van der Waals surface area contributed by atoms with Gasteiger partial charge in [0.1, 0.15) is 0 Å². The van der Waals surface area contributed by atoms with E-state index >= 15 is 0 Å². The zero-order chi connectivity index (χ0) is 24.9. The largest absolute Gasteiger partial charge is 0.352 e. The molecule has 2 aromatic carbocycles. The van der Waals surface area contributed by atoms with Crippen LogP contribution < -0.4 is 20.9 Å². The van der Waals surface area contributed by atoms with E-state index < -0.39 is 5.92 Å². The predicted molar refractivity (Wildman–Crippen MR) is 139 cm³/mol. The molecule has 1 aliphatic rings. The van der Waals surface area contributed by atoms with Crippen molar-refractivity contribution in [2.24, 2.45) is 5.92 Å². The summed E-state index contributed by atoms with van der Waals surface area (Å²) >= 11 is 1.56. The number of anilines is 2. The smallest absolute Gasteiger partial charge is 0.319 e. The Hall–Kier alpha value is -3.65. The maximum atomic E-state index is 13.3. The van der Waals surface area contributed by atoms with Gasteiger partial charge in [-0.05, 0) is 62.0 Å². The lowest BCUT2D eigenvalue weighted by Gasteiger charge is -2.27. The van der Waals surface area contributed by atoms with Gasteiger partial charge in [-0.15, -0.1) is 11.3 Å². The van der Waals surface area contributed by atoms with Crippen LogP contribution >= 0.6 is 11.3 Å². The second-order valence-corrected chi connectivity index (χ2v) is 10.0. The number of amides is 4. The molecule has 0 bridgehead atoms. The highest BCUT2D eigenvalue weighted by Gasteiger charge is 2.45. The predicted octanol–water partition coefficient (Wildman–Crippen LogP) is 5.00. The molecule has 1 aliphatic heterocycles. The average molecular weight is 491 g/mol. The number of benzene rings is 2. The van der Waals surface area contributed by atoms with Gasteiger partial charge in [-0.25, -0.2) is 4.79 Å². The minimum absolute atomic E-state index is 0.0480. The number of hydrogen-bond acceptors (Lipinski definition) is 4. The third-order valence-corrected chi connectivity index (χ3v) is 6.85. The van der Waals surface area contributed by atoms with Crippen LogP contribution in [0.3, 0.4) is 0 Å². The second kappa shape index (κ2) is 10.7. The summed E-state index contributed by atoms with van der Waals surface area (Å²) in [6.07, 6.45) is 0.163. The molecule has 4 rings (SSSR count). The lowest BCUT2D eigenvalue weighted by atomic mass is 9.97. The Balaban J connectivity index is 1.44. The molecule has 1 fully saturated rings. The van der Waals surface area contributed by atoms with Crippen LogP contribution in [0.1, 0.15) is 42.3 Å². The molecule has 35 heavy (non-hydrogen) atoms. The summed E-state index contributed by atoms with van der Waals surface area (Å²) in [5.74, 6) is -0.685. The first-order chi connectivity index (χ1) is 16.8. The van der Waals surface area contributed by atoms with Crippen LogP contribution in [-0.2, 0) is 16.1 Å². The van der Waals surface area contributed by atoms with Gasteiger partial charge in [0.05, 0.1) is 12.0 Å². The van der Waals surface area contributed by atoms with Crippen molar-refractivity contribution in [3.63, 3.8) is 0 Å². The number of aryl methyl sites for hydroxylation is 1. The quantitative estimate of drug-likeness (QED) is 0.435. The number of thiophene rings is 1. The molecule has 4 amide bonds. The van der Waals surface area contributed by atoms with Gasteiger partial charge in [0.25, 0.3) is 0 Å². The fourth-order valence-corrected chi connectivity index (χ4v) is 5.10. The van der Waals surface area contributed by atoms with Crippen molar-refractivity contribution < 1.29 is 14.4 Å². The molecule has 0 spiro atoms. The van der Waals surface area contributed by atoms with Gasteiger partial charge in [0.2, 0.25) is 11.8 Å². The van der Waals surface area contributed by atoms with E-state index in [1.807, 2.05) is 74.7 Å². The van der Waals surface area contributed by atoms with Gasteiger partial charge in [-0.3, -0.25) is 9.59 Å². The van der Waals surface area contributed by atoms with Crippen molar-refractivity contribution in [3.05, 3.63) is 82.0 Å². The Labute approximate surface area is 209 Å². The third kappa shape index (κ3) is 5.89. The maximum Gasteiger partial charge on any atom is 0.319 e. The zero-order valence-corrected chi connectivity index (χ0v) is 20.9. The van der Waals surface area contributed by atoms with E-state index in [4.69, 9.17) is 0 Å². The first-order valence-electron chi connectivity index (χ1n) is 11.7. The molecule has 7 nitrogen and oxygen atoms in total. The van der Waals surface area contributed by atoms with Crippen LogP contribution in [0.2, 0.25) is 0 Å². The fraction of sp³-hybridized carbons (Fsp3) is 0.296. The zero-order valence-electron chi connectivity index (χ0n) is 20.1. The summed E-state index contributed by atoms with van der Waals surface area (Å²) in [6, 6.07) is 18.5. The van der Waals surface area contributed by atoms with Crippen LogP contribution in [0, 0.1) is 12.8 Å². The first kappa shape index (κ1) is 24.5. The van der Waals surface area contributed by atoms with Gasteiger partial charge in [-0.1, -0.05) is 35.9 Å². The van der Waals surface area contributed by atoms with Crippen molar-refractivity contribution in [3.8, 4) is 0 Å². The highest BCUT2D eigenvalue weighted by atomic mass is 32.1. The lowest BCUT2D eigenvalue weighted by molar-refractivity contribution is -0.126. The topological polar surface area (TPSA) is 90.5 Å². The molecule has 0 radical (unpaired) electrons. The Morgan fingerprint density at radius 2 is 1.77 bits per heavy atom. The minimum Gasteiger partial charge on any atom is -0.352 e. The molecule has 3 N–H and O–H groups in total. The van der Waals surface area contributed by atoms with E-state index in [0.717, 1.165) is 21.7 Å². The number of carbonyl (C=O) groups excluding carboxylic acids is 3. The Kier molecular flexibility index (Phi) is 7.51. The second-order valence-electron chi connectivity index (χ2n) is 9.04. The van der Waals surface area contributed by atoms with Crippen molar-refractivity contribution >= 4 is 40.6 Å². The molecule has 0 saturated carbocycles. The highest BCUT2D eigenvalue weighted by molar-refractivity contribution is 7.10. The van der Waals surface area contributed by atoms with Crippen molar-refractivity contribution in [1.29, 1.82) is 0 Å². The minimum atomic E-state index is -0.483. The summed E-state index contributed by atoms with van der Waals surface area (Å²) in [6.45, 7) is 6.13. The Morgan fingerprint density at radius 3 is 2.40 bits per heavy atom. The molecule has 3 aromatic rings. The standard InChI is InChI=1S/C27H30N4O3S/c1-17(2)29-27(34)30-20-10-8-19(9-11-20)16-28-26(33)22-15-24(32)31(21-12-6-18(3)7-13-21)25(22)23-5-4-14-35-23/h4-14,17,22,25H,15-16H2,1-3H3,(H,28,33)(H2,29,30,34). The van der Waals surface area contributed by atoms with Crippen LogP contribution in [0.15, 0.2) is 66.0 Å². The van der Waals surface area contributed by atoms with Crippen LogP contribution in [-0.4, -0.2) is 23.9 Å². The molecule has 2 unspecified atom stereocenters. The van der Waals surface area contributed by atoms with E-state index in [1.54, 1.807) is 28.4 Å². The van der Waals surface area contributed by atoms with Crippen LogP contribution in [0.5, 0.6) is 0 Å². The molecule has 2 atom stereocenters. The number of nitrogens with zero attached hydrogens (tertiary/aromatic N) is 1. The molecule has 1 saturated heterocycles. The van der Waals surface area contributed by atoms with E-state index in [9.17, 15) is 14.4 Å². The summed E-state index contributed by atoms with van der Waals surface area (Å²) in [5.41, 5.74) is 3.50. The summed E-state index contributed by atoms with van der Waals surface area (Å²) in [4.78, 5) is 40.9. The number of carbonyl (C=O) groups is 3. The Morgan fingerprint density at radius 1 is 1.06 bits per heavy atom.